The lowest BCUT2D eigenvalue weighted by molar-refractivity contribution is 0.259. The van der Waals surface area contributed by atoms with Gasteiger partial charge in [-0.1, -0.05) is 0 Å². The molecular formula is C14H12N2O2. The highest BCUT2D eigenvalue weighted by molar-refractivity contribution is 5.44. The van der Waals surface area contributed by atoms with E-state index in [1.165, 1.54) is 5.56 Å². The van der Waals surface area contributed by atoms with Crippen LogP contribution in [0.25, 0.3) is 0 Å². The van der Waals surface area contributed by atoms with Crippen LogP contribution in [0.2, 0.25) is 0 Å². The van der Waals surface area contributed by atoms with Gasteiger partial charge in [-0.25, -0.2) is 4.98 Å². The minimum absolute atomic E-state index is 0.299. The molecule has 0 saturated carbocycles. The fourth-order valence-corrected chi connectivity index (χ4v) is 2.18. The highest BCUT2D eigenvalue weighted by Crippen LogP contribution is 2.26. The molecule has 2 aromatic rings. The zero-order valence-electron chi connectivity index (χ0n) is 9.85. The molecule has 0 fully saturated rings. The first-order chi connectivity index (χ1) is 8.86. The first-order valence-electron chi connectivity index (χ1n) is 5.95. The van der Waals surface area contributed by atoms with E-state index >= 15 is 0 Å². The van der Waals surface area contributed by atoms with Crippen molar-refractivity contribution < 1.29 is 9.15 Å². The largest absolute Gasteiger partial charge is 0.469 e. The average Bonchev–Trinajstić information content (AvgIpc) is 3.05. The van der Waals surface area contributed by atoms with Crippen molar-refractivity contribution in [2.75, 3.05) is 0 Å². The highest BCUT2D eigenvalue weighted by Gasteiger charge is 2.17. The number of aryl methyl sites for hydroxylation is 2. The van der Waals surface area contributed by atoms with Crippen molar-refractivity contribution in [1.82, 2.24) is 4.98 Å². The van der Waals surface area contributed by atoms with Gasteiger partial charge >= 0.3 is 0 Å². The first kappa shape index (κ1) is 10.8. The van der Waals surface area contributed by atoms with E-state index in [9.17, 15) is 0 Å². The van der Waals surface area contributed by atoms with Crippen molar-refractivity contribution in [3.63, 3.8) is 0 Å². The maximum Gasteiger partial charge on any atom is 0.232 e. The minimum atomic E-state index is 0.299. The average molecular weight is 240 g/mol. The second kappa shape index (κ2) is 4.53. The quantitative estimate of drug-likeness (QED) is 0.827. The molecule has 0 aliphatic heterocycles. The summed E-state index contributed by atoms with van der Waals surface area (Å²) in [5, 5.41) is 9.11. The Balaban J connectivity index is 1.85. The summed E-state index contributed by atoms with van der Waals surface area (Å²) in [7, 11) is 0. The van der Waals surface area contributed by atoms with Gasteiger partial charge in [0.25, 0.3) is 0 Å². The summed E-state index contributed by atoms with van der Waals surface area (Å²) in [4.78, 5) is 4.44. The zero-order chi connectivity index (χ0) is 12.4. The number of hydrogen-bond donors (Lipinski definition) is 0. The Kier molecular flexibility index (Phi) is 2.73. The molecule has 0 aromatic carbocycles. The number of ether oxygens (including phenoxy) is 1. The van der Waals surface area contributed by atoms with E-state index in [1.54, 1.807) is 12.3 Å². The molecule has 0 bridgehead atoms. The lowest BCUT2D eigenvalue weighted by Gasteiger charge is -2.07. The number of fused-ring (bicyclic) bond motifs is 1. The monoisotopic (exact) mass is 240 g/mol. The molecule has 0 N–H and O–H groups in total. The number of nitrogens with zero attached hydrogens (tertiary/aromatic N) is 2. The number of hydrogen-bond acceptors (Lipinski definition) is 4. The van der Waals surface area contributed by atoms with Gasteiger partial charge in [-0.05, 0) is 43.0 Å². The summed E-state index contributed by atoms with van der Waals surface area (Å²) in [6, 6.07) is 7.67. The Morgan fingerprint density at radius 3 is 3.17 bits per heavy atom. The van der Waals surface area contributed by atoms with Gasteiger partial charge in [0.15, 0.2) is 0 Å². The van der Waals surface area contributed by atoms with E-state index in [0.29, 0.717) is 18.1 Å². The van der Waals surface area contributed by atoms with Crippen LogP contribution in [0.5, 0.6) is 5.88 Å². The van der Waals surface area contributed by atoms with Crippen molar-refractivity contribution in [3.8, 4) is 11.9 Å². The maximum absolute atomic E-state index is 9.11. The fourth-order valence-electron chi connectivity index (χ4n) is 2.18. The van der Waals surface area contributed by atoms with E-state index in [2.05, 4.69) is 11.1 Å². The number of pyridine rings is 1. The predicted octanol–water partition coefficient (Wildman–Crippen LogP) is 2.61. The van der Waals surface area contributed by atoms with Gasteiger partial charge in [-0.3, -0.25) is 0 Å². The second-order valence-corrected chi connectivity index (χ2v) is 4.28. The SMILES string of the molecule is N#Cc1cc2c(nc1OCc1ccco1)CCC2. The summed E-state index contributed by atoms with van der Waals surface area (Å²) in [6.45, 7) is 0.299. The molecule has 0 radical (unpaired) electrons. The van der Waals surface area contributed by atoms with Crippen LogP contribution in [-0.2, 0) is 19.4 Å². The van der Waals surface area contributed by atoms with Crippen LogP contribution in [0.3, 0.4) is 0 Å². The van der Waals surface area contributed by atoms with Crippen molar-refractivity contribution in [2.45, 2.75) is 25.9 Å². The Hall–Kier alpha value is -2.28. The van der Waals surface area contributed by atoms with Gasteiger partial charge in [0.1, 0.15) is 24.0 Å². The van der Waals surface area contributed by atoms with Crippen molar-refractivity contribution in [2.24, 2.45) is 0 Å². The van der Waals surface area contributed by atoms with Crippen LogP contribution in [-0.4, -0.2) is 4.98 Å². The highest BCUT2D eigenvalue weighted by atomic mass is 16.5. The molecule has 1 aliphatic rings. The Labute approximate surface area is 105 Å². The molecule has 3 rings (SSSR count). The van der Waals surface area contributed by atoms with Crippen molar-refractivity contribution >= 4 is 0 Å². The van der Waals surface area contributed by atoms with E-state index in [-0.39, 0.29) is 0 Å². The number of rotatable bonds is 3. The van der Waals surface area contributed by atoms with Crippen LogP contribution in [0, 0.1) is 11.3 Å². The van der Waals surface area contributed by atoms with Crippen molar-refractivity contribution in [1.29, 1.82) is 5.26 Å². The lowest BCUT2D eigenvalue weighted by atomic mass is 10.1. The third-order valence-electron chi connectivity index (χ3n) is 3.07. The smallest absolute Gasteiger partial charge is 0.232 e. The first-order valence-corrected chi connectivity index (χ1v) is 5.95. The topological polar surface area (TPSA) is 59.0 Å². The normalized spacial score (nSPS) is 13.1. The maximum atomic E-state index is 9.11. The molecule has 0 saturated heterocycles. The van der Waals surface area contributed by atoms with Gasteiger partial charge in [0, 0.05) is 5.69 Å². The van der Waals surface area contributed by atoms with Gasteiger partial charge in [0.2, 0.25) is 5.88 Å². The zero-order valence-corrected chi connectivity index (χ0v) is 9.85. The van der Waals surface area contributed by atoms with Crippen LogP contribution in [0.15, 0.2) is 28.9 Å². The molecule has 0 amide bonds. The summed E-state index contributed by atoms with van der Waals surface area (Å²) < 4.78 is 10.8. The third kappa shape index (κ3) is 1.95. The molecule has 0 atom stereocenters. The minimum Gasteiger partial charge on any atom is -0.469 e. The van der Waals surface area contributed by atoms with Gasteiger partial charge in [-0.15, -0.1) is 0 Å². The van der Waals surface area contributed by atoms with E-state index in [0.717, 1.165) is 30.7 Å². The summed E-state index contributed by atoms with van der Waals surface area (Å²) in [5.41, 5.74) is 2.74. The van der Waals surface area contributed by atoms with Crippen LogP contribution >= 0.6 is 0 Å². The molecule has 4 heteroatoms. The van der Waals surface area contributed by atoms with Crippen molar-refractivity contribution in [3.05, 3.63) is 47.0 Å². The van der Waals surface area contributed by atoms with Gasteiger partial charge < -0.3 is 9.15 Å². The Bertz CT molecular complexity index is 597. The Morgan fingerprint density at radius 1 is 1.44 bits per heavy atom. The summed E-state index contributed by atoms with van der Waals surface area (Å²) in [6.07, 6.45) is 4.68. The summed E-state index contributed by atoms with van der Waals surface area (Å²) >= 11 is 0. The molecule has 2 aromatic heterocycles. The Morgan fingerprint density at radius 2 is 2.39 bits per heavy atom. The third-order valence-corrected chi connectivity index (χ3v) is 3.07. The standard InChI is InChI=1S/C14H12N2O2/c15-8-11-7-10-3-1-5-13(10)16-14(11)18-9-12-4-2-6-17-12/h2,4,6-7H,1,3,5,9H2. The van der Waals surface area contributed by atoms with E-state index in [4.69, 9.17) is 14.4 Å². The second-order valence-electron chi connectivity index (χ2n) is 4.28. The summed E-state index contributed by atoms with van der Waals surface area (Å²) in [5.74, 6) is 1.13. The molecule has 18 heavy (non-hydrogen) atoms. The molecule has 0 spiro atoms. The van der Waals surface area contributed by atoms with Crippen LogP contribution in [0.4, 0.5) is 0 Å². The fraction of sp³-hybridized carbons (Fsp3) is 0.286. The van der Waals surface area contributed by atoms with Crippen LogP contribution in [0.1, 0.15) is 29.0 Å². The number of nitriles is 1. The number of furan rings is 1. The number of aromatic nitrogens is 1. The van der Waals surface area contributed by atoms with Gasteiger partial charge in [-0.2, -0.15) is 5.26 Å². The van der Waals surface area contributed by atoms with E-state index in [1.807, 2.05) is 12.1 Å². The predicted molar refractivity (Wildman–Crippen MR) is 64.0 cm³/mol. The molecular weight excluding hydrogens is 228 g/mol. The molecule has 90 valence electrons. The molecule has 0 unspecified atom stereocenters. The molecule has 2 heterocycles. The lowest BCUT2D eigenvalue weighted by Crippen LogP contribution is -2.01. The molecule has 4 nitrogen and oxygen atoms in total. The van der Waals surface area contributed by atoms with Gasteiger partial charge in [0.05, 0.1) is 6.26 Å². The van der Waals surface area contributed by atoms with Crippen LogP contribution < -0.4 is 4.74 Å². The molecule has 1 aliphatic carbocycles. The van der Waals surface area contributed by atoms with E-state index < -0.39 is 0 Å².